The molecule has 5 nitrogen and oxygen atoms in total. The Morgan fingerprint density at radius 2 is 2.18 bits per heavy atom. The first-order valence-electron chi connectivity index (χ1n) is 6.00. The van der Waals surface area contributed by atoms with E-state index in [9.17, 15) is 4.79 Å². The number of rotatable bonds is 6. The molecule has 0 aromatic carbocycles. The van der Waals surface area contributed by atoms with Crippen molar-refractivity contribution in [3.05, 3.63) is 18.1 Å². The van der Waals surface area contributed by atoms with Crippen LogP contribution in [0.2, 0.25) is 0 Å². The van der Waals surface area contributed by atoms with Crippen molar-refractivity contribution < 1.29 is 4.79 Å². The van der Waals surface area contributed by atoms with Crippen molar-refractivity contribution in [2.24, 2.45) is 0 Å². The first kappa shape index (κ1) is 13.4. The van der Waals surface area contributed by atoms with Gasteiger partial charge in [-0.2, -0.15) is 0 Å². The van der Waals surface area contributed by atoms with Gasteiger partial charge in [0.05, 0.1) is 0 Å². The van der Waals surface area contributed by atoms with E-state index in [2.05, 4.69) is 27.5 Å². The fraction of sp³-hybridized carbons (Fsp3) is 0.583. The molecule has 0 aliphatic rings. The molecule has 0 saturated heterocycles. The highest BCUT2D eigenvalue weighted by Crippen LogP contribution is 2.04. The van der Waals surface area contributed by atoms with E-state index in [1.807, 2.05) is 13.8 Å². The Morgan fingerprint density at radius 1 is 1.41 bits per heavy atom. The van der Waals surface area contributed by atoms with Gasteiger partial charge in [-0.05, 0) is 20.3 Å². The van der Waals surface area contributed by atoms with Crippen molar-refractivity contribution in [1.82, 2.24) is 15.3 Å². The van der Waals surface area contributed by atoms with Crippen molar-refractivity contribution in [3.8, 4) is 0 Å². The van der Waals surface area contributed by atoms with Crippen LogP contribution < -0.4 is 10.6 Å². The van der Waals surface area contributed by atoms with Crippen molar-refractivity contribution >= 4 is 11.7 Å². The number of hydrogen-bond acceptors (Lipinski definition) is 4. The highest BCUT2D eigenvalue weighted by atomic mass is 16.1. The number of carbonyl (C=O) groups is 1. The maximum absolute atomic E-state index is 11.7. The maximum atomic E-state index is 11.7. The van der Waals surface area contributed by atoms with E-state index in [4.69, 9.17) is 0 Å². The van der Waals surface area contributed by atoms with Crippen molar-refractivity contribution in [2.45, 2.75) is 39.7 Å². The molecule has 0 unspecified atom stereocenters. The summed E-state index contributed by atoms with van der Waals surface area (Å²) in [6, 6.07) is 1.78. The van der Waals surface area contributed by atoms with Gasteiger partial charge in [0, 0.05) is 18.7 Å². The lowest BCUT2D eigenvalue weighted by Gasteiger charge is -2.09. The zero-order chi connectivity index (χ0) is 12.7. The molecule has 1 rings (SSSR count). The summed E-state index contributed by atoms with van der Waals surface area (Å²) in [4.78, 5) is 19.7. The topological polar surface area (TPSA) is 66.9 Å². The summed E-state index contributed by atoms with van der Waals surface area (Å²) in [5.41, 5.74) is 0.396. The van der Waals surface area contributed by atoms with Crippen molar-refractivity contribution in [1.29, 1.82) is 0 Å². The maximum Gasteiger partial charge on any atom is 0.270 e. The minimum Gasteiger partial charge on any atom is -0.370 e. The van der Waals surface area contributed by atoms with E-state index in [0.717, 1.165) is 19.4 Å². The fourth-order valence-corrected chi connectivity index (χ4v) is 1.31. The number of anilines is 1. The second kappa shape index (κ2) is 6.83. The summed E-state index contributed by atoms with van der Waals surface area (Å²) in [6.45, 7) is 6.82. The standard InChI is InChI=1S/C12H20N4O/c1-4-5-6-13-11-7-10(14-8-15-11)12(17)16-9(2)3/h7-9H,4-6H2,1-3H3,(H,16,17)(H,13,14,15). The molecule has 5 heteroatoms. The minimum atomic E-state index is -0.166. The lowest BCUT2D eigenvalue weighted by Crippen LogP contribution is -2.30. The molecule has 0 saturated carbocycles. The molecule has 1 amide bonds. The number of hydrogen-bond donors (Lipinski definition) is 2. The molecule has 0 fully saturated rings. The van der Waals surface area contributed by atoms with E-state index in [-0.39, 0.29) is 11.9 Å². The molecule has 0 bridgehead atoms. The third kappa shape index (κ3) is 4.80. The second-order valence-electron chi connectivity index (χ2n) is 4.20. The quantitative estimate of drug-likeness (QED) is 0.739. The first-order valence-corrected chi connectivity index (χ1v) is 6.00. The number of nitrogens with zero attached hydrogens (tertiary/aromatic N) is 2. The van der Waals surface area contributed by atoms with Crippen LogP contribution in [0.15, 0.2) is 12.4 Å². The Balaban J connectivity index is 2.61. The monoisotopic (exact) mass is 236 g/mol. The molecule has 1 aromatic rings. The second-order valence-corrected chi connectivity index (χ2v) is 4.20. The van der Waals surface area contributed by atoms with Gasteiger partial charge >= 0.3 is 0 Å². The lowest BCUT2D eigenvalue weighted by molar-refractivity contribution is 0.0938. The number of unbranched alkanes of at least 4 members (excludes halogenated alkanes) is 1. The molecule has 0 aliphatic heterocycles. The van der Waals surface area contributed by atoms with Crippen LogP contribution in [0, 0.1) is 0 Å². The summed E-state index contributed by atoms with van der Waals surface area (Å²) in [6.07, 6.45) is 3.61. The predicted octanol–water partition coefficient (Wildman–Crippen LogP) is 1.83. The largest absolute Gasteiger partial charge is 0.370 e. The Labute approximate surface area is 102 Å². The van der Waals surface area contributed by atoms with Crippen LogP contribution >= 0.6 is 0 Å². The van der Waals surface area contributed by atoms with Crippen molar-refractivity contribution in [2.75, 3.05) is 11.9 Å². The summed E-state index contributed by atoms with van der Waals surface area (Å²) in [5.74, 6) is 0.531. The summed E-state index contributed by atoms with van der Waals surface area (Å²) < 4.78 is 0. The number of nitrogens with one attached hydrogen (secondary N) is 2. The number of aromatic nitrogens is 2. The van der Waals surface area contributed by atoms with E-state index < -0.39 is 0 Å². The molecule has 0 spiro atoms. The highest BCUT2D eigenvalue weighted by molar-refractivity contribution is 5.92. The Hall–Kier alpha value is -1.65. The van der Waals surface area contributed by atoms with Gasteiger partial charge in [0.1, 0.15) is 17.8 Å². The summed E-state index contributed by atoms with van der Waals surface area (Å²) >= 11 is 0. The minimum absolute atomic E-state index is 0.106. The normalized spacial score (nSPS) is 10.4. The molecule has 0 aliphatic carbocycles. The van der Waals surface area contributed by atoms with Gasteiger partial charge in [0.15, 0.2) is 0 Å². The smallest absolute Gasteiger partial charge is 0.270 e. The summed E-state index contributed by atoms with van der Waals surface area (Å²) in [7, 11) is 0. The molecule has 94 valence electrons. The molecule has 0 atom stereocenters. The van der Waals surface area contributed by atoms with Gasteiger partial charge in [-0.15, -0.1) is 0 Å². The average Bonchev–Trinajstić information content (AvgIpc) is 2.29. The van der Waals surface area contributed by atoms with Crippen LogP contribution in [-0.4, -0.2) is 28.5 Å². The van der Waals surface area contributed by atoms with Crippen molar-refractivity contribution in [3.63, 3.8) is 0 Å². The fourth-order valence-electron chi connectivity index (χ4n) is 1.31. The molecular formula is C12H20N4O. The van der Waals surface area contributed by atoms with E-state index >= 15 is 0 Å². The lowest BCUT2D eigenvalue weighted by atomic mass is 10.3. The van der Waals surface area contributed by atoms with Gasteiger partial charge < -0.3 is 10.6 Å². The van der Waals surface area contributed by atoms with Gasteiger partial charge in [-0.1, -0.05) is 13.3 Å². The molecule has 2 N–H and O–H groups in total. The zero-order valence-electron chi connectivity index (χ0n) is 10.7. The van der Waals surface area contributed by atoms with Crippen LogP contribution in [0.3, 0.4) is 0 Å². The number of amides is 1. The third-order valence-corrected chi connectivity index (χ3v) is 2.16. The van der Waals surface area contributed by atoms with E-state index in [0.29, 0.717) is 11.5 Å². The van der Waals surface area contributed by atoms with Gasteiger partial charge in [0.25, 0.3) is 5.91 Å². The number of carbonyl (C=O) groups excluding carboxylic acids is 1. The highest BCUT2D eigenvalue weighted by Gasteiger charge is 2.09. The summed E-state index contributed by atoms with van der Waals surface area (Å²) in [5, 5.41) is 5.96. The molecule has 17 heavy (non-hydrogen) atoms. The van der Waals surface area contributed by atoms with Crippen LogP contribution in [0.25, 0.3) is 0 Å². The SMILES string of the molecule is CCCCNc1cc(C(=O)NC(C)C)ncn1. The zero-order valence-corrected chi connectivity index (χ0v) is 10.7. The first-order chi connectivity index (χ1) is 8.13. The Kier molecular flexibility index (Phi) is 5.39. The van der Waals surface area contributed by atoms with Crippen LogP contribution in [0.1, 0.15) is 44.1 Å². The van der Waals surface area contributed by atoms with E-state index in [1.54, 1.807) is 6.07 Å². The van der Waals surface area contributed by atoms with Crippen LogP contribution in [0.5, 0.6) is 0 Å². The Morgan fingerprint density at radius 3 is 2.82 bits per heavy atom. The van der Waals surface area contributed by atoms with Gasteiger partial charge in [0.2, 0.25) is 0 Å². The van der Waals surface area contributed by atoms with Crippen LogP contribution in [0.4, 0.5) is 5.82 Å². The van der Waals surface area contributed by atoms with Crippen LogP contribution in [-0.2, 0) is 0 Å². The molecule has 1 aromatic heterocycles. The molecule has 1 heterocycles. The molecular weight excluding hydrogens is 216 g/mol. The van der Waals surface area contributed by atoms with E-state index in [1.165, 1.54) is 6.33 Å². The Bertz CT molecular complexity index is 365. The third-order valence-electron chi connectivity index (χ3n) is 2.16. The molecule has 0 radical (unpaired) electrons. The average molecular weight is 236 g/mol. The van der Waals surface area contributed by atoms with Gasteiger partial charge in [-0.25, -0.2) is 9.97 Å². The predicted molar refractivity (Wildman–Crippen MR) is 68.0 cm³/mol. The van der Waals surface area contributed by atoms with Gasteiger partial charge in [-0.3, -0.25) is 4.79 Å².